The lowest BCUT2D eigenvalue weighted by Gasteiger charge is -2.14. The highest BCUT2D eigenvalue weighted by Gasteiger charge is 2.12. The Labute approximate surface area is 124 Å². The molecule has 0 aliphatic heterocycles. The summed E-state index contributed by atoms with van der Waals surface area (Å²) < 4.78 is 5.13. The molecular formula is C17H20N2O2. The van der Waals surface area contributed by atoms with Crippen molar-refractivity contribution in [3.63, 3.8) is 0 Å². The minimum atomic E-state index is -0.149. The fourth-order valence-electron chi connectivity index (χ4n) is 2.20. The van der Waals surface area contributed by atoms with Crippen LogP contribution in [0.4, 0.5) is 5.69 Å². The second-order valence-corrected chi connectivity index (χ2v) is 5.06. The maximum atomic E-state index is 12.2. The van der Waals surface area contributed by atoms with Gasteiger partial charge in [0.2, 0.25) is 0 Å². The number of nitrogens with one attached hydrogen (secondary N) is 1. The molecule has 4 nitrogen and oxygen atoms in total. The van der Waals surface area contributed by atoms with Crippen LogP contribution in [0.5, 0.6) is 5.75 Å². The summed E-state index contributed by atoms with van der Waals surface area (Å²) in [6.07, 6.45) is 0.784. The summed E-state index contributed by atoms with van der Waals surface area (Å²) in [5.41, 5.74) is 7.97. The number of amides is 1. The molecule has 110 valence electrons. The molecule has 3 N–H and O–H groups in total. The normalized spacial score (nSPS) is 11.7. The van der Waals surface area contributed by atoms with Crippen LogP contribution in [0.2, 0.25) is 0 Å². The smallest absolute Gasteiger partial charge is 0.251 e. The maximum absolute atomic E-state index is 12.2. The molecule has 21 heavy (non-hydrogen) atoms. The molecule has 0 aliphatic rings. The van der Waals surface area contributed by atoms with Crippen molar-refractivity contribution < 1.29 is 9.53 Å². The van der Waals surface area contributed by atoms with Gasteiger partial charge in [0, 0.05) is 23.4 Å². The van der Waals surface area contributed by atoms with E-state index in [0.717, 1.165) is 6.42 Å². The van der Waals surface area contributed by atoms with Gasteiger partial charge in [-0.25, -0.2) is 0 Å². The van der Waals surface area contributed by atoms with Gasteiger partial charge in [-0.05, 0) is 31.0 Å². The van der Waals surface area contributed by atoms with Gasteiger partial charge < -0.3 is 15.8 Å². The minimum absolute atomic E-state index is 0.0346. The summed E-state index contributed by atoms with van der Waals surface area (Å²) in [4.78, 5) is 12.2. The average Bonchev–Trinajstić information content (AvgIpc) is 2.47. The predicted molar refractivity (Wildman–Crippen MR) is 84.5 cm³/mol. The fourth-order valence-corrected chi connectivity index (χ4v) is 2.20. The van der Waals surface area contributed by atoms with E-state index in [1.807, 2.05) is 37.3 Å². The molecule has 1 unspecified atom stereocenters. The van der Waals surface area contributed by atoms with Crippen LogP contribution in [0.15, 0.2) is 48.5 Å². The van der Waals surface area contributed by atoms with E-state index in [4.69, 9.17) is 10.5 Å². The number of carbonyl (C=O) groups is 1. The van der Waals surface area contributed by atoms with E-state index in [2.05, 4.69) is 5.32 Å². The van der Waals surface area contributed by atoms with Crippen LogP contribution in [0.1, 0.15) is 22.8 Å². The first kappa shape index (κ1) is 14.9. The topological polar surface area (TPSA) is 64.3 Å². The predicted octanol–water partition coefficient (Wildman–Crippen LogP) is 2.64. The Morgan fingerprint density at radius 2 is 1.95 bits per heavy atom. The first-order valence-electron chi connectivity index (χ1n) is 6.88. The number of benzene rings is 2. The third kappa shape index (κ3) is 4.24. The zero-order valence-electron chi connectivity index (χ0n) is 12.3. The van der Waals surface area contributed by atoms with Crippen molar-refractivity contribution in [3.8, 4) is 5.75 Å². The molecule has 0 saturated heterocycles. The average molecular weight is 284 g/mol. The van der Waals surface area contributed by atoms with Crippen molar-refractivity contribution in [1.82, 2.24) is 5.32 Å². The Hall–Kier alpha value is -2.49. The molecule has 2 rings (SSSR count). The fraction of sp³-hybridized carbons (Fsp3) is 0.235. The summed E-state index contributed by atoms with van der Waals surface area (Å²) in [7, 11) is 1.55. The number of hydrogen-bond acceptors (Lipinski definition) is 3. The van der Waals surface area contributed by atoms with Gasteiger partial charge in [0.05, 0.1) is 7.11 Å². The zero-order valence-corrected chi connectivity index (χ0v) is 12.3. The van der Waals surface area contributed by atoms with Crippen LogP contribution in [0, 0.1) is 0 Å². The van der Waals surface area contributed by atoms with Gasteiger partial charge in [0.25, 0.3) is 5.91 Å². The van der Waals surface area contributed by atoms with Gasteiger partial charge in [0.1, 0.15) is 5.75 Å². The third-order valence-corrected chi connectivity index (χ3v) is 3.19. The molecule has 2 aromatic rings. The highest BCUT2D eigenvalue weighted by molar-refractivity contribution is 5.95. The zero-order chi connectivity index (χ0) is 15.2. The first-order valence-corrected chi connectivity index (χ1v) is 6.88. The SMILES string of the molecule is COc1cc(N)cc(C(=O)NC(C)Cc2ccccc2)c1. The van der Waals surface area contributed by atoms with Crippen molar-refractivity contribution in [2.45, 2.75) is 19.4 Å². The molecule has 0 aromatic heterocycles. The lowest BCUT2D eigenvalue weighted by Crippen LogP contribution is -2.34. The Morgan fingerprint density at radius 1 is 1.24 bits per heavy atom. The summed E-state index contributed by atoms with van der Waals surface area (Å²) in [5, 5.41) is 2.97. The first-order chi connectivity index (χ1) is 10.1. The number of rotatable bonds is 5. The monoisotopic (exact) mass is 284 g/mol. The van der Waals surface area contributed by atoms with Crippen molar-refractivity contribution in [1.29, 1.82) is 0 Å². The summed E-state index contributed by atoms with van der Waals surface area (Å²) in [6, 6.07) is 15.1. The van der Waals surface area contributed by atoms with E-state index in [0.29, 0.717) is 17.0 Å². The van der Waals surface area contributed by atoms with Crippen LogP contribution in [-0.2, 0) is 6.42 Å². The Bertz CT molecular complexity index is 611. The molecule has 1 atom stereocenters. The number of ether oxygens (including phenoxy) is 1. The molecule has 0 heterocycles. The minimum Gasteiger partial charge on any atom is -0.497 e. The quantitative estimate of drug-likeness (QED) is 0.830. The van der Waals surface area contributed by atoms with E-state index < -0.39 is 0 Å². The summed E-state index contributed by atoms with van der Waals surface area (Å²) >= 11 is 0. The molecule has 0 radical (unpaired) electrons. The standard InChI is InChI=1S/C17H20N2O2/c1-12(8-13-6-4-3-5-7-13)19-17(20)14-9-15(18)11-16(10-14)21-2/h3-7,9-12H,8,18H2,1-2H3,(H,19,20). The molecule has 4 heteroatoms. The van der Waals surface area contributed by atoms with Crippen LogP contribution in [-0.4, -0.2) is 19.1 Å². The molecule has 0 bridgehead atoms. The lowest BCUT2D eigenvalue weighted by atomic mass is 10.1. The van der Waals surface area contributed by atoms with Gasteiger partial charge in [-0.3, -0.25) is 4.79 Å². The molecule has 0 aliphatic carbocycles. The van der Waals surface area contributed by atoms with E-state index in [9.17, 15) is 4.79 Å². The van der Waals surface area contributed by atoms with Crippen LogP contribution >= 0.6 is 0 Å². The van der Waals surface area contributed by atoms with Crippen molar-refractivity contribution in [2.24, 2.45) is 0 Å². The number of hydrogen-bond donors (Lipinski definition) is 2. The Kier molecular flexibility index (Phi) is 4.82. The van der Waals surface area contributed by atoms with E-state index >= 15 is 0 Å². The maximum Gasteiger partial charge on any atom is 0.251 e. The Balaban J connectivity index is 2.02. The van der Waals surface area contributed by atoms with Gasteiger partial charge >= 0.3 is 0 Å². The second-order valence-electron chi connectivity index (χ2n) is 5.06. The molecule has 0 spiro atoms. The van der Waals surface area contributed by atoms with Gasteiger partial charge in [0.15, 0.2) is 0 Å². The molecule has 2 aromatic carbocycles. The summed E-state index contributed by atoms with van der Waals surface area (Å²) in [5.74, 6) is 0.430. The van der Waals surface area contributed by atoms with Crippen molar-refractivity contribution >= 4 is 11.6 Å². The lowest BCUT2D eigenvalue weighted by molar-refractivity contribution is 0.0940. The van der Waals surface area contributed by atoms with Crippen molar-refractivity contribution in [2.75, 3.05) is 12.8 Å². The highest BCUT2D eigenvalue weighted by Crippen LogP contribution is 2.18. The number of nitrogens with two attached hydrogens (primary N) is 1. The van der Waals surface area contributed by atoms with Crippen LogP contribution in [0.25, 0.3) is 0 Å². The van der Waals surface area contributed by atoms with E-state index in [1.54, 1.807) is 25.3 Å². The number of methoxy groups -OCH3 is 1. The molecule has 0 fully saturated rings. The number of nitrogen functional groups attached to an aromatic ring is 1. The van der Waals surface area contributed by atoms with Crippen LogP contribution in [0.3, 0.4) is 0 Å². The van der Waals surface area contributed by atoms with Gasteiger partial charge in [-0.2, -0.15) is 0 Å². The summed E-state index contributed by atoms with van der Waals surface area (Å²) in [6.45, 7) is 1.98. The largest absolute Gasteiger partial charge is 0.497 e. The highest BCUT2D eigenvalue weighted by atomic mass is 16.5. The third-order valence-electron chi connectivity index (χ3n) is 3.19. The molecular weight excluding hydrogens is 264 g/mol. The second kappa shape index (κ2) is 6.79. The number of carbonyl (C=O) groups excluding carboxylic acids is 1. The van der Waals surface area contributed by atoms with E-state index in [1.165, 1.54) is 5.56 Å². The van der Waals surface area contributed by atoms with E-state index in [-0.39, 0.29) is 11.9 Å². The van der Waals surface area contributed by atoms with Gasteiger partial charge in [-0.1, -0.05) is 30.3 Å². The van der Waals surface area contributed by atoms with Gasteiger partial charge in [-0.15, -0.1) is 0 Å². The number of anilines is 1. The Morgan fingerprint density at radius 3 is 2.62 bits per heavy atom. The molecule has 0 saturated carbocycles. The molecule has 1 amide bonds. The van der Waals surface area contributed by atoms with Crippen LogP contribution < -0.4 is 15.8 Å². The van der Waals surface area contributed by atoms with Crippen molar-refractivity contribution in [3.05, 3.63) is 59.7 Å².